The van der Waals surface area contributed by atoms with Crippen molar-refractivity contribution in [3.8, 4) is 0 Å². The van der Waals surface area contributed by atoms with Crippen LogP contribution in [-0.2, 0) is 12.8 Å². The molecule has 0 unspecified atom stereocenters. The first-order valence-electron chi connectivity index (χ1n) is 4.86. The van der Waals surface area contributed by atoms with Crippen molar-refractivity contribution in [2.45, 2.75) is 33.1 Å². The van der Waals surface area contributed by atoms with E-state index >= 15 is 0 Å². The van der Waals surface area contributed by atoms with Gasteiger partial charge in [-0.3, -0.25) is 0 Å². The lowest BCUT2D eigenvalue weighted by molar-refractivity contribution is 0.410. The third-order valence-corrected chi connectivity index (χ3v) is 1.97. The molecule has 0 aliphatic rings. The van der Waals surface area contributed by atoms with E-state index in [1.807, 2.05) is 0 Å². The molecule has 0 bridgehead atoms. The van der Waals surface area contributed by atoms with Crippen LogP contribution in [0.1, 0.15) is 31.5 Å². The van der Waals surface area contributed by atoms with Crippen molar-refractivity contribution in [1.82, 2.24) is 5.16 Å². The van der Waals surface area contributed by atoms with Gasteiger partial charge in [0.15, 0.2) is 0 Å². The van der Waals surface area contributed by atoms with Crippen LogP contribution in [0.25, 0.3) is 0 Å². The first-order valence-corrected chi connectivity index (χ1v) is 4.86. The van der Waals surface area contributed by atoms with Crippen molar-refractivity contribution in [2.75, 3.05) is 6.54 Å². The second-order valence-corrected chi connectivity index (χ2v) is 3.78. The van der Waals surface area contributed by atoms with E-state index in [2.05, 4.69) is 19.0 Å². The highest BCUT2D eigenvalue weighted by atomic mass is 16.5. The molecule has 0 aliphatic carbocycles. The van der Waals surface area contributed by atoms with Crippen molar-refractivity contribution in [3.05, 3.63) is 17.5 Å². The SMILES string of the molecule is CC(C)Cc1conc1CCCN. The van der Waals surface area contributed by atoms with E-state index in [1.54, 1.807) is 6.26 Å². The molecule has 1 heterocycles. The number of aryl methyl sites for hydroxylation is 1. The number of aromatic nitrogens is 1. The number of hydrogen-bond donors (Lipinski definition) is 1. The fourth-order valence-corrected chi connectivity index (χ4v) is 1.36. The summed E-state index contributed by atoms with van der Waals surface area (Å²) >= 11 is 0. The highest BCUT2D eigenvalue weighted by Crippen LogP contribution is 2.13. The summed E-state index contributed by atoms with van der Waals surface area (Å²) in [6.07, 6.45) is 4.72. The van der Waals surface area contributed by atoms with Crippen LogP contribution in [0.3, 0.4) is 0 Å². The van der Waals surface area contributed by atoms with Crippen molar-refractivity contribution in [3.63, 3.8) is 0 Å². The second-order valence-electron chi connectivity index (χ2n) is 3.78. The first-order chi connectivity index (χ1) is 6.24. The molecular formula is C10H18N2O. The fraction of sp³-hybridized carbons (Fsp3) is 0.700. The third kappa shape index (κ3) is 3.19. The lowest BCUT2D eigenvalue weighted by Gasteiger charge is -2.02. The predicted molar refractivity (Wildman–Crippen MR) is 52.4 cm³/mol. The van der Waals surface area contributed by atoms with Crippen LogP contribution in [0.15, 0.2) is 10.8 Å². The summed E-state index contributed by atoms with van der Waals surface area (Å²) in [5.74, 6) is 0.649. The summed E-state index contributed by atoms with van der Waals surface area (Å²) < 4.78 is 4.95. The quantitative estimate of drug-likeness (QED) is 0.755. The monoisotopic (exact) mass is 182 g/mol. The van der Waals surface area contributed by atoms with Crippen molar-refractivity contribution < 1.29 is 4.52 Å². The molecule has 0 fully saturated rings. The minimum Gasteiger partial charge on any atom is -0.364 e. The lowest BCUT2D eigenvalue weighted by atomic mass is 10.0. The van der Waals surface area contributed by atoms with Gasteiger partial charge in [0.1, 0.15) is 6.26 Å². The van der Waals surface area contributed by atoms with E-state index in [-0.39, 0.29) is 0 Å². The topological polar surface area (TPSA) is 52.0 Å². The van der Waals surface area contributed by atoms with Crippen LogP contribution in [0.5, 0.6) is 0 Å². The molecule has 0 aliphatic heterocycles. The summed E-state index contributed by atoms with van der Waals surface area (Å²) in [6, 6.07) is 0. The van der Waals surface area contributed by atoms with Crippen LogP contribution in [0, 0.1) is 5.92 Å². The van der Waals surface area contributed by atoms with Crippen LogP contribution in [0.2, 0.25) is 0 Å². The number of nitrogens with zero attached hydrogens (tertiary/aromatic N) is 1. The van der Waals surface area contributed by atoms with Gasteiger partial charge in [0.05, 0.1) is 5.69 Å². The molecule has 74 valence electrons. The Morgan fingerprint density at radius 3 is 2.92 bits per heavy atom. The molecule has 0 aromatic carbocycles. The molecular weight excluding hydrogens is 164 g/mol. The maximum Gasteiger partial charge on any atom is 0.127 e. The van der Waals surface area contributed by atoms with Crippen LogP contribution in [-0.4, -0.2) is 11.7 Å². The third-order valence-electron chi connectivity index (χ3n) is 1.97. The van der Waals surface area contributed by atoms with Crippen molar-refractivity contribution in [1.29, 1.82) is 0 Å². The average Bonchev–Trinajstić information content (AvgIpc) is 2.48. The molecule has 0 amide bonds. The highest BCUT2D eigenvalue weighted by molar-refractivity contribution is 5.15. The molecule has 0 spiro atoms. The van der Waals surface area contributed by atoms with Gasteiger partial charge in [-0.2, -0.15) is 0 Å². The zero-order valence-corrected chi connectivity index (χ0v) is 8.42. The van der Waals surface area contributed by atoms with Gasteiger partial charge in [-0.1, -0.05) is 19.0 Å². The standard InChI is InChI=1S/C10H18N2O/c1-8(2)6-9-7-13-12-10(9)4-3-5-11/h7-8H,3-6,11H2,1-2H3. The predicted octanol–water partition coefficient (Wildman–Crippen LogP) is 1.76. The molecule has 13 heavy (non-hydrogen) atoms. The van der Waals surface area contributed by atoms with Gasteiger partial charge >= 0.3 is 0 Å². The Balaban J connectivity index is 2.55. The summed E-state index contributed by atoms with van der Waals surface area (Å²) in [5.41, 5.74) is 7.76. The van der Waals surface area contributed by atoms with Gasteiger partial charge in [0.2, 0.25) is 0 Å². The highest BCUT2D eigenvalue weighted by Gasteiger charge is 2.08. The van der Waals surface area contributed by atoms with E-state index in [0.29, 0.717) is 12.5 Å². The van der Waals surface area contributed by atoms with E-state index in [1.165, 1.54) is 5.56 Å². The summed E-state index contributed by atoms with van der Waals surface area (Å²) in [7, 11) is 0. The molecule has 1 aromatic rings. The zero-order valence-electron chi connectivity index (χ0n) is 8.42. The molecule has 3 nitrogen and oxygen atoms in total. The van der Waals surface area contributed by atoms with Gasteiger partial charge in [0.25, 0.3) is 0 Å². The minimum absolute atomic E-state index is 0.649. The van der Waals surface area contributed by atoms with E-state index in [4.69, 9.17) is 10.3 Å². The van der Waals surface area contributed by atoms with Gasteiger partial charge in [-0.05, 0) is 31.7 Å². The molecule has 2 N–H and O–H groups in total. The molecule has 1 aromatic heterocycles. The number of rotatable bonds is 5. The lowest BCUT2D eigenvalue weighted by Crippen LogP contribution is -2.03. The Bertz CT molecular complexity index is 243. The zero-order chi connectivity index (χ0) is 9.68. The normalized spacial score (nSPS) is 11.1. The Hall–Kier alpha value is -0.830. The summed E-state index contributed by atoms with van der Waals surface area (Å²) in [5, 5.41) is 3.98. The van der Waals surface area contributed by atoms with Crippen molar-refractivity contribution >= 4 is 0 Å². The van der Waals surface area contributed by atoms with E-state index < -0.39 is 0 Å². The molecule has 0 saturated heterocycles. The average molecular weight is 182 g/mol. The molecule has 1 rings (SSSR count). The first kappa shape index (κ1) is 10.3. The molecule has 3 heteroatoms. The smallest absolute Gasteiger partial charge is 0.127 e. The Morgan fingerprint density at radius 2 is 2.31 bits per heavy atom. The summed E-state index contributed by atoms with van der Waals surface area (Å²) in [6.45, 7) is 5.10. The Kier molecular flexibility index (Phi) is 3.96. The molecule has 0 radical (unpaired) electrons. The largest absolute Gasteiger partial charge is 0.364 e. The molecule has 0 atom stereocenters. The molecule has 0 saturated carbocycles. The Labute approximate surface area is 79.3 Å². The van der Waals surface area contributed by atoms with Crippen LogP contribution >= 0.6 is 0 Å². The van der Waals surface area contributed by atoms with E-state index in [0.717, 1.165) is 25.0 Å². The number of nitrogens with two attached hydrogens (primary N) is 1. The van der Waals surface area contributed by atoms with E-state index in [9.17, 15) is 0 Å². The van der Waals surface area contributed by atoms with Gasteiger partial charge < -0.3 is 10.3 Å². The number of hydrogen-bond acceptors (Lipinski definition) is 3. The van der Waals surface area contributed by atoms with Crippen molar-refractivity contribution in [2.24, 2.45) is 11.7 Å². The minimum atomic E-state index is 0.649. The van der Waals surface area contributed by atoms with Crippen LogP contribution in [0.4, 0.5) is 0 Å². The fourth-order valence-electron chi connectivity index (χ4n) is 1.36. The maximum atomic E-state index is 5.44. The maximum absolute atomic E-state index is 5.44. The van der Waals surface area contributed by atoms with Gasteiger partial charge in [0, 0.05) is 5.56 Å². The second kappa shape index (κ2) is 5.02. The van der Waals surface area contributed by atoms with Gasteiger partial charge in [-0.25, -0.2) is 0 Å². The van der Waals surface area contributed by atoms with Crippen LogP contribution < -0.4 is 5.73 Å². The Morgan fingerprint density at radius 1 is 1.54 bits per heavy atom. The summed E-state index contributed by atoms with van der Waals surface area (Å²) in [4.78, 5) is 0. The van der Waals surface area contributed by atoms with Gasteiger partial charge in [-0.15, -0.1) is 0 Å².